The number of hydrogen-bond acceptors (Lipinski definition) is 2. The summed E-state index contributed by atoms with van der Waals surface area (Å²) in [6.45, 7) is 1.18. The van der Waals surface area contributed by atoms with Gasteiger partial charge in [-0.25, -0.2) is 0 Å². The zero-order chi connectivity index (χ0) is 18.4. The number of fused-ring (bicyclic) bond motifs is 4. The molecule has 0 saturated heterocycles. The van der Waals surface area contributed by atoms with Crippen LogP contribution in [0.3, 0.4) is 0 Å². The van der Waals surface area contributed by atoms with Crippen LogP contribution in [0.5, 0.6) is 0 Å². The summed E-state index contributed by atoms with van der Waals surface area (Å²) in [5, 5.41) is 2.46. The zero-order valence-electron chi connectivity index (χ0n) is 14.8. The van der Waals surface area contributed by atoms with Crippen LogP contribution in [0.1, 0.15) is 27.1 Å². The van der Waals surface area contributed by atoms with Crippen LogP contribution >= 0.6 is 0 Å². The minimum absolute atomic E-state index is 0.183. The lowest BCUT2D eigenvalue weighted by Gasteiger charge is -2.14. The molecule has 1 aliphatic rings. The first-order chi connectivity index (χ1) is 13.3. The summed E-state index contributed by atoms with van der Waals surface area (Å²) in [5.41, 5.74) is 3.39. The number of aromatic nitrogens is 1. The van der Waals surface area contributed by atoms with E-state index in [1.165, 1.54) is 26.7 Å². The summed E-state index contributed by atoms with van der Waals surface area (Å²) in [5.74, 6) is -0.365. The fourth-order valence-electron chi connectivity index (χ4n) is 4.07. The van der Waals surface area contributed by atoms with Gasteiger partial charge >= 0.3 is 0 Å². The van der Waals surface area contributed by atoms with Gasteiger partial charge in [0.15, 0.2) is 0 Å². The molecule has 4 aromatic rings. The van der Waals surface area contributed by atoms with Crippen LogP contribution in [0.4, 0.5) is 0 Å². The van der Waals surface area contributed by atoms with Crippen LogP contribution < -0.4 is 0 Å². The van der Waals surface area contributed by atoms with Crippen LogP contribution in [0.15, 0.2) is 72.8 Å². The molecule has 0 N–H and O–H groups in total. The first kappa shape index (κ1) is 15.8. The van der Waals surface area contributed by atoms with Crippen molar-refractivity contribution in [3.63, 3.8) is 0 Å². The number of amides is 2. The SMILES string of the molecule is O=C1c2ccccc2C(=O)N1CCCn1c2ccccc2c2ccccc21. The molecule has 3 aromatic carbocycles. The third-order valence-corrected chi connectivity index (χ3v) is 5.32. The number of imide groups is 1. The molecular weight excluding hydrogens is 336 g/mol. The molecule has 132 valence electrons. The third kappa shape index (κ3) is 2.37. The molecule has 0 spiro atoms. The maximum atomic E-state index is 12.5. The van der Waals surface area contributed by atoms with Crippen molar-refractivity contribution in [3.8, 4) is 0 Å². The highest BCUT2D eigenvalue weighted by atomic mass is 16.2. The second kappa shape index (κ2) is 6.09. The first-order valence-electron chi connectivity index (χ1n) is 9.17. The van der Waals surface area contributed by atoms with Gasteiger partial charge in [-0.3, -0.25) is 14.5 Å². The van der Waals surface area contributed by atoms with Gasteiger partial charge in [-0.1, -0.05) is 48.5 Å². The number of nitrogens with zero attached hydrogens (tertiary/aromatic N) is 2. The van der Waals surface area contributed by atoms with Crippen LogP contribution in [0, 0.1) is 0 Å². The Bertz CT molecular complexity index is 1120. The Morgan fingerprint density at radius 3 is 1.63 bits per heavy atom. The van der Waals surface area contributed by atoms with E-state index in [0.29, 0.717) is 24.1 Å². The number of hydrogen-bond donors (Lipinski definition) is 0. The van der Waals surface area contributed by atoms with Gasteiger partial charge in [0.1, 0.15) is 0 Å². The van der Waals surface area contributed by atoms with Crippen molar-refractivity contribution in [1.29, 1.82) is 0 Å². The third-order valence-electron chi connectivity index (χ3n) is 5.32. The Kier molecular flexibility index (Phi) is 3.57. The van der Waals surface area contributed by atoms with E-state index in [4.69, 9.17) is 0 Å². The van der Waals surface area contributed by atoms with Crippen LogP contribution in [0.25, 0.3) is 21.8 Å². The lowest BCUT2D eigenvalue weighted by Crippen LogP contribution is -2.31. The van der Waals surface area contributed by atoms with Gasteiger partial charge in [0.05, 0.1) is 11.1 Å². The zero-order valence-corrected chi connectivity index (χ0v) is 14.8. The number of aryl methyl sites for hydroxylation is 1. The summed E-state index contributed by atoms with van der Waals surface area (Å²) in [6, 6.07) is 23.8. The average molecular weight is 354 g/mol. The summed E-state index contributed by atoms with van der Waals surface area (Å²) < 4.78 is 2.28. The topological polar surface area (TPSA) is 42.3 Å². The minimum Gasteiger partial charge on any atom is -0.340 e. The van der Waals surface area contributed by atoms with E-state index in [1.54, 1.807) is 24.3 Å². The molecule has 5 rings (SSSR count). The maximum Gasteiger partial charge on any atom is 0.261 e. The van der Waals surface area contributed by atoms with Crippen molar-refractivity contribution in [2.75, 3.05) is 6.54 Å². The van der Waals surface area contributed by atoms with Crippen molar-refractivity contribution in [3.05, 3.63) is 83.9 Å². The van der Waals surface area contributed by atoms with Gasteiger partial charge in [-0.05, 0) is 30.7 Å². The van der Waals surface area contributed by atoms with E-state index in [1.807, 2.05) is 12.1 Å². The number of rotatable bonds is 4. The molecule has 2 heterocycles. The Morgan fingerprint density at radius 2 is 1.07 bits per heavy atom. The number of para-hydroxylation sites is 2. The molecule has 27 heavy (non-hydrogen) atoms. The van der Waals surface area contributed by atoms with Crippen LogP contribution in [-0.4, -0.2) is 27.8 Å². The van der Waals surface area contributed by atoms with E-state index in [0.717, 1.165) is 6.54 Å². The highest BCUT2D eigenvalue weighted by Gasteiger charge is 2.34. The smallest absolute Gasteiger partial charge is 0.261 e. The van der Waals surface area contributed by atoms with Gasteiger partial charge in [-0.15, -0.1) is 0 Å². The van der Waals surface area contributed by atoms with E-state index < -0.39 is 0 Å². The van der Waals surface area contributed by atoms with Crippen molar-refractivity contribution < 1.29 is 9.59 Å². The molecule has 1 aliphatic heterocycles. The van der Waals surface area contributed by atoms with Crippen molar-refractivity contribution in [1.82, 2.24) is 9.47 Å². The average Bonchev–Trinajstić information content (AvgIpc) is 3.16. The van der Waals surface area contributed by atoms with Crippen LogP contribution in [0.2, 0.25) is 0 Å². The predicted molar refractivity (Wildman–Crippen MR) is 106 cm³/mol. The van der Waals surface area contributed by atoms with E-state index in [9.17, 15) is 9.59 Å². The molecular formula is C23H18N2O2. The lowest BCUT2D eigenvalue weighted by atomic mass is 10.1. The standard InChI is InChI=1S/C23H18N2O2/c26-22-18-10-1-2-11-19(18)23(27)25(22)15-7-14-24-20-12-5-3-8-16(20)17-9-4-6-13-21(17)24/h1-6,8-13H,7,14-15H2. The molecule has 0 atom stereocenters. The Morgan fingerprint density at radius 1 is 0.593 bits per heavy atom. The fourth-order valence-corrected chi connectivity index (χ4v) is 4.07. The van der Waals surface area contributed by atoms with Gasteiger partial charge in [-0.2, -0.15) is 0 Å². The monoisotopic (exact) mass is 354 g/mol. The predicted octanol–water partition coefficient (Wildman–Crippen LogP) is 4.48. The molecule has 1 aromatic heterocycles. The molecule has 4 nitrogen and oxygen atoms in total. The molecule has 0 radical (unpaired) electrons. The van der Waals surface area contributed by atoms with Crippen molar-refractivity contribution in [2.24, 2.45) is 0 Å². The molecule has 0 aliphatic carbocycles. The van der Waals surface area contributed by atoms with Crippen molar-refractivity contribution >= 4 is 33.6 Å². The van der Waals surface area contributed by atoms with Crippen molar-refractivity contribution in [2.45, 2.75) is 13.0 Å². The second-order valence-corrected chi connectivity index (χ2v) is 6.85. The lowest BCUT2D eigenvalue weighted by molar-refractivity contribution is 0.0651. The molecule has 0 unspecified atom stereocenters. The minimum atomic E-state index is -0.183. The molecule has 4 heteroatoms. The summed E-state index contributed by atoms with van der Waals surface area (Å²) in [6.07, 6.45) is 0.716. The summed E-state index contributed by atoms with van der Waals surface area (Å²) >= 11 is 0. The Balaban J connectivity index is 1.41. The highest BCUT2D eigenvalue weighted by Crippen LogP contribution is 2.29. The Hall–Kier alpha value is -3.40. The van der Waals surface area contributed by atoms with E-state index in [2.05, 4.69) is 41.0 Å². The summed E-state index contributed by atoms with van der Waals surface area (Å²) in [4.78, 5) is 26.4. The van der Waals surface area contributed by atoms with Gasteiger partial charge in [0.2, 0.25) is 0 Å². The number of benzene rings is 3. The van der Waals surface area contributed by atoms with Gasteiger partial charge in [0.25, 0.3) is 11.8 Å². The molecule has 0 fully saturated rings. The van der Waals surface area contributed by atoms with E-state index in [-0.39, 0.29) is 11.8 Å². The molecule has 0 saturated carbocycles. The fraction of sp³-hybridized carbons (Fsp3) is 0.130. The van der Waals surface area contributed by atoms with Gasteiger partial charge in [0, 0.05) is 34.9 Å². The maximum absolute atomic E-state index is 12.5. The summed E-state index contributed by atoms with van der Waals surface area (Å²) in [7, 11) is 0. The highest BCUT2D eigenvalue weighted by molar-refractivity contribution is 6.21. The Labute approximate surface area is 156 Å². The number of carbonyl (C=O) groups excluding carboxylic acids is 2. The normalized spacial score (nSPS) is 13.7. The first-order valence-corrected chi connectivity index (χ1v) is 9.17. The second-order valence-electron chi connectivity index (χ2n) is 6.85. The molecule has 2 amide bonds. The van der Waals surface area contributed by atoms with Gasteiger partial charge < -0.3 is 4.57 Å². The molecule has 0 bridgehead atoms. The largest absolute Gasteiger partial charge is 0.340 e. The number of carbonyl (C=O) groups is 2. The van der Waals surface area contributed by atoms with E-state index >= 15 is 0 Å². The quantitative estimate of drug-likeness (QED) is 0.507. The van der Waals surface area contributed by atoms with Crippen LogP contribution in [-0.2, 0) is 6.54 Å².